The smallest absolute Gasteiger partial charge is 0.147 e. The molecule has 1 atom stereocenters. The first-order valence-corrected chi connectivity index (χ1v) is 8.99. The number of likely N-dealkylation sites (tertiary alicyclic amines) is 1. The molecule has 1 aliphatic rings. The highest BCUT2D eigenvalue weighted by atomic mass is 16.5. The predicted octanol–water partition coefficient (Wildman–Crippen LogP) is 3.08. The van der Waals surface area contributed by atoms with E-state index >= 15 is 0 Å². The van der Waals surface area contributed by atoms with Crippen LogP contribution in [-0.4, -0.2) is 45.9 Å². The molecule has 0 spiro atoms. The second-order valence-electron chi connectivity index (χ2n) is 6.71. The predicted molar refractivity (Wildman–Crippen MR) is 95.2 cm³/mol. The molecule has 3 rings (SSSR count). The van der Waals surface area contributed by atoms with Crippen molar-refractivity contribution in [2.24, 2.45) is 5.92 Å². The molecule has 0 saturated carbocycles. The molecule has 1 aliphatic heterocycles. The molecule has 1 saturated heterocycles. The number of hydrogen-bond acceptors (Lipinski definition) is 4. The van der Waals surface area contributed by atoms with Crippen molar-refractivity contribution in [1.82, 2.24) is 19.7 Å². The van der Waals surface area contributed by atoms with E-state index in [1.807, 2.05) is 44.2 Å². The SMILES string of the molecule is Cc1nc(C)n(C[C@@H]2CCCN(CCCOc3ccccc3)C2)n1. The van der Waals surface area contributed by atoms with Gasteiger partial charge in [-0.05, 0) is 57.7 Å². The highest BCUT2D eigenvalue weighted by molar-refractivity contribution is 5.20. The van der Waals surface area contributed by atoms with E-state index in [0.717, 1.165) is 50.1 Å². The Labute approximate surface area is 144 Å². The van der Waals surface area contributed by atoms with Gasteiger partial charge in [0, 0.05) is 19.6 Å². The normalized spacial score (nSPS) is 18.7. The summed E-state index contributed by atoms with van der Waals surface area (Å²) in [5.74, 6) is 3.54. The zero-order valence-corrected chi connectivity index (χ0v) is 14.8. The van der Waals surface area contributed by atoms with Crippen molar-refractivity contribution in [3.05, 3.63) is 42.0 Å². The van der Waals surface area contributed by atoms with E-state index in [2.05, 4.69) is 19.7 Å². The number of piperidine rings is 1. The number of aromatic nitrogens is 3. The molecule has 0 radical (unpaired) electrons. The summed E-state index contributed by atoms with van der Waals surface area (Å²) < 4.78 is 7.86. The van der Waals surface area contributed by atoms with Crippen molar-refractivity contribution < 1.29 is 4.74 Å². The molecule has 24 heavy (non-hydrogen) atoms. The summed E-state index contributed by atoms with van der Waals surface area (Å²) in [6.45, 7) is 9.25. The maximum atomic E-state index is 5.79. The van der Waals surface area contributed by atoms with Gasteiger partial charge in [-0.1, -0.05) is 18.2 Å². The minimum Gasteiger partial charge on any atom is -0.494 e. The van der Waals surface area contributed by atoms with E-state index in [1.165, 1.54) is 19.4 Å². The van der Waals surface area contributed by atoms with Crippen molar-refractivity contribution >= 4 is 0 Å². The van der Waals surface area contributed by atoms with E-state index in [0.29, 0.717) is 5.92 Å². The van der Waals surface area contributed by atoms with E-state index < -0.39 is 0 Å². The van der Waals surface area contributed by atoms with Crippen LogP contribution >= 0.6 is 0 Å². The molecule has 0 unspecified atom stereocenters. The van der Waals surface area contributed by atoms with Crippen LogP contribution in [0.3, 0.4) is 0 Å². The van der Waals surface area contributed by atoms with Gasteiger partial charge in [0.15, 0.2) is 0 Å². The van der Waals surface area contributed by atoms with Gasteiger partial charge in [0.25, 0.3) is 0 Å². The highest BCUT2D eigenvalue weighted by Gasteiger charge is 2.21. The Hall–Kier alpha value is -1.88. The molecule has 0 aliphatic carbocycles. The van der Waals surface area contributed by atoms with Crippen LogP contribution in [-0.2, 0) is 6.54 Å². The Morgan fingerprint density at radius 2 is 2.04 bits per heavy atom. The fourth-order valence-electron chi connectivity index (χ4n) is 3.48. The topological polar surface area (TPSA) is 43.2 Å². The lowest BCUT2D eigenvalue weighted by Gasteiger charge is -2.32. The van der Waals surface area contributed by atoms with Crippen molar-refractivity contribution in [2.45, 2.75) is 39.7 Å². The number of hydrogen-bond donors (Lipinski definition) is 0. The average molecular weight is 328 g/mol. The molecule has 0 bridgehead atoms. The standard InChI is InChI=1S/C19H28N4O/c1-16-20-17(2)23(21-16)15-18-8-6-11-22(14-18)12-7-13-24-19-9-4-3-5-10-19/h3-5,9-10,18H,6-8,11-15H2,1-2H3/t18-/m1/s1. The van der Waals surface area contributed by atoms with Gasteiger partial charge in [0.2, 0.25) is 0 Å². The number of para-hydroxylation sites is 1. The molecule has 130 valence electrons. The van der Waals surface area contributed by atoms with Gasteiger partial charge in [0.1, 0.15) is 17.4 Å². The van der Waals surface area contributed by atoms with Crippen molar-refractivity contribution in [3.63, 3.8) is 0 Å². The van der Waals surface area contributed by atoms with Gasteiger partial charge in [-0.25, -0.2) is 9.67 Å². The molecule has 0 amide bonds. The number of benzene rings is 1. The molecule has 5 nitrogen and oxygen atoms in total. The highest BCUT2D eigenvalue weighted by Crippen LogP contribution is 2.19. The molecule has 2 heterocycles. The zero-order valence-electron chi connectivity index (χ0n) is 14.8. The van der Waals surface area contributed by atoms with Crippen LogP contribution in [0.5, 0.6) is 5.75 Å². The Morgan fingerprint density at radius 3 is 2.79 bits per heavy atom. The first-order chi connectivity index (χ1) is 11.7. The fourth-order valence-corrected chi connectivity index (χ4v) is 3.48. The van der Waals surface area contributed by atoms with E-state index in [9.17, 15) is 0 Å². The number of aryl methyl sites for hydroxylation is 2. The van der Waals surface area contributed by atoms with Crippen LogP contribution in [0.1, 0.15) is 30.9 Å². The maximum Gasteiger partial charge on any atom is 0.147 e. The molecule has 5 heteroatoms. The number of ether oxygens (including phenoxy) is 1. The van der Waals surface area contributed by atoms with Crippen LogP contribution < -0.4 is 4.74 Å². The third kappa shape index (κ3) is 4.81. The monoisotopic (exact) mass is 328 g/mol. The summed E-state index contributed by atoms with van der Waals surface area (Å²) in [6, 6.07) is 10.1. The van der Waals surface area contributed by atoms with E-state index in [-0.39, 0.29) is 0 Å². The summed E-state index contributed by atoms with van der Waals surface area (Å²) in [5.41, 5.74) is 0. The van der Waals surface area contributed by atoms with Gasteiger partial charge >= 0.3 is 0 Å². The lowest BCUT2D eigenvalue weighted by Crippen LogP contribution is -2.38. The van der Waals surface area contributed by atoms with Crippen LogP contribution in [0.25, 0.3) is 0 Å². The van der Waals surface area contributed by atoms with Crippen LogP contribution in [0.2, 0.25) is 0 Å². The molecule has 1 aromatic heterocycles. The van der Waals surface area contributed by atoms with Crippen molar-refractivity contribution in [2.75, 3.05) is 26.2 Å². The number of nitrogens with zero attached hydrogens (tertiary/aromatic N) is 4. The molecule has 0 N–H and O–H groups in total. The van der Waals surface area contributed by atoms with Crippen LogP contribution in [0.4, 0.5) is 0 Å². The molecule has 2 aromatic rings. The second kappa shape index (κ2) is 8.29. The minimum atomic E-state index is 0.675. The van der Waals surface area contributed by atoms with Gasteiger partial charge < -0.3 is 9.64 Å². The van der Waals surface area contributed by atoms with Crippen molar-refractivity contribution in [3.8, 4) is 5.75 Å². The average Bonchev–Trinajstić information content (AvgIpc) is 2.90. The third-order valence-electron chi connectivity index (χ3n) is 4.63. The lowest BCUT2D eigenvalue weighted by atomic mass is 9.98. The zero-order chi connectivity index (χ0) is 16.8. The summed E-state index contributed by atoms with van der Waals surface area (Å²) in [4.78, 5) is 6.98. The largest absolute Gasteiger partial charge is 0.494 e. The van der Waals surface area contributed by atoms with Crippen LogP contribution in [0.15, 0.2) is 30.3 Å². The molecule has 1 fully saturated rings. The van der Waals surface area contributed by atoms with Gasteiger partial charge in [-0.3, -0.25) is 0 Å². The first-order valence-electron chi connectivity index (χ1n) is 8.99. The van der Waals surface area contributed by atoms with Gasteiger partial charge in [-0.15, -0.1) is 0 Å². The Kier molecular flexibility index (Phi) is 5.86. The fraction of sp³-hybridized carbons (Fsp3) is 0.579. The molecule has 1 aromatic carbocycles. The Bertz CT molecular complexity index is 626. The second-order valence-corrected chi connectivity index (χ2v) is 6.71. The molecular weight excluding hydrogens is 300 g/mol. The minimum absolute atomic E-state index is 0.675. The number of rotatable bonds is 7. The summed E-state index contributed by atoms with van der Waals surface area (Å²) in [6.07, 6.45) is 3.63. The van der Waals surface area contributed by atoms with E-state index in [4.69, 9.17) is 4.74 Å². The van der Waals surface area contributed by atoms with Crippen molar-refractivity contribution in [1.29, 1.82) is 0 Å². The first kappa shape index (κ1) is 17.0. The summed E-state index contributed by atoms with van der Waals surface area (Å²) in [7, 11) is 0. The Morgan fingerprint density at radius 1 is 1.21 bits per heavy atom. The quantitative estimate of drug-likeness (QED) is 0.733. The summed E-state index contributed by atoms with van der Waals surface area (Å²) in [5, 5.41) is 4.51. The third-order valence-corrected chi connectivity index (χ3v) is 4.63. The van der Waals surface area contributed by atoms with E-state index in [1.54, 1.807) is 0 Å². The lowest BCUT2D eigenvalue weighted by molar-refractivity contribution is 0.149. The maximum absolute atomic E-state index is 5.79. The Balaban J connectivity index is 1.40. The summed E-state index contributed by atoms with van der Waals surface area (Å²) >= 11 is 0. The van der Waals surface area contributed by atoms with Crippen LogP contribution in [0, 0.1) is 19.8 Å². The molecular formula is C19H28N4O. The van der Waals surface area contributed by atoms with Gasteiger partial charge in [-0.2, -0.15) is 5.10 Å². The van der Waals surface area contributed by atoms with Gasteiger partial charge in [0.05, 0.1) is 6.61 Å².